The second-order valence-electron chi connectivity index (χ2n) is 2.91. The second-order valence-corrected chi connectivity index (χ2v) is 2.91. The van der Waals surface area contributed by atoms with Crippen molar-refractivity contribution in [2.75, 3.05) is 18.1 Å². The second kappa shape index (κ2) is 3.14. The molecule has 1 fully saturated rings. The first-order valence-corrected chi connectivity index (χ1v) is 4.14. The number of hydrogen-bond donors (Lipinski definition) is 2. The summed E-state index contributed by atoms with van der Waals surface area (Å²) in [5.41, 5.74) is 10.9. The normalized spacial score (nSPS) is 22.0. The topological polar surface area (TPSA) is 99.9 Å². The molecule has 0 bridgehead atoms. The van der Waals surface area contributed by atoms with Gasteiger partial charge in [0.2, 0.25) is 11.9 Å². The molecule has 6 heteroatoms. The zero-order valence-corrected chi connectivity index (χ0v) is 7.10. The zero-order valence-electron chi connectivity index (χ0n) is 7.10. The summed E-state index contributed by atoms with van der Waals surface area (Å²) in [4.78, 5) is 11.6. The van der Waals surface area contributed by atoms with Crippen LogP contribution < -0.4 is 11.5 Å². The quantitative estimate of drug-likeness (QED) is 0.626. The van der Waals surface area contributed by atoms with Gasteiger partial charge in [0.25, 0.3) is 0 Å². The fourth-order valence-electron chi connectivity index (χ4n) is 1.35. The van der Waals surface area contributed by atoms with Gasteiger partial charge >= 0.3 is 0 Å². The van der Waals surface area contributed by atoms with Crippen molar-refractivity contribution < 1.29 is 4.74 Å². The summed E-state index contributed by atoms with van der Waals surface area (Å²) in [5, 5.41) is 0. The van der Waals surface area contributed by atoms with Crippen molar-refractivity contribution in [3.05, 3.63) is 5.82 Å². The standard InChI is InChI=1S/C7H11N5O/c8-6-10-5(11-7(9)12-6)4-2-1-3-13-4/h4H,1-3H2,(H4,8,9,10,11,12). The van der Waals surface area contributed by atoms with Crippen LogP contribution in [0.4, 0.5) is 11.9 Å². The molecule has 1 aromatic heterocycles. The Morgan fingerprint density at radius 3 is 2.38 bits per heavy atom. The molecule has 1 unspecified atom stereocenters. The Morgan fingerprint density at radius 1 is 1.15 bits per heavy atom. The molecule has 6 nitrogen and oxygen atoms in total. The monoisotopic (exact) mass is 181 g/mol. The lowest BCUT2D eigenvalue weighted by atomic mass is 10.2. The number of ether oxygens (including phenoxy) is 1. The van der Waals surface area contributed by atoms with Gasteiger partial charge in [0, 0.05) is 6.61 Å². The van der Waals surface area contributed by atoms with Crippen LogP contribution in [0.5, 0.6) is 0 Å². The van der Waals surface area contributed by atoms with Crippen molar-refractivity contribution in [2.24, 2.45) is 0 Å². The first-order chi connectivity index (χ1) is 6.25. The maximum atomic E-state index is 5.43. The van der Waals surface area contributed by atoms with Gasteiger partial charge in [0.1, 0.15) is 6.10 Å². The fourth-order valence-corrected chi connectivity index (χ4v) is 1.35. The Hall–Kier alpha value is -1.43. The predicted octanol–water partition coefficient (Wildman–Crippen LogP) is -0.113. The van der Waals surface area contributed by atoms with Crippen LogP contribution in [0.3, 0.4) is 0 Å². The van der Waals surface area contributed by atoms with Crippen molar-refractivity contribution in [1.29, 1.82) is 0 Å². The van der Waals surface area contributed by atoms with Crippen molar-refractivity contribution in [1.82, 2.24) is 15.0 Å². The van der Waals surface area contributed by atoms with E-state index in [9.17, 15) is 0 Å². The van der Waals surface area contributed by atoms with Gasteiger partial charge in [0.15, 0.2) is 5.82 Å². The largest absolute Gasteiger partial charge is 0.370 e. The van der Waals surface area contributed by atoms with E-state index in [1.165, 1.54) is 0 Å². The van der Waals surface area contributed by atoms with Crippen LogP contribution in [-0.4, -0.2) is 21.6 Å². The number of nitrogens with two attached hydrogens (primary N) is 2. The highest BCUT2D eigenvalue weighted by molar-refractivity contribution is 5.26. The van der Waals surface area contributed by atoms with Crippen LogP contribution in [0, 0.1) is 0 Å². The molecule has 13 heavy (non-hydrogen) atoms. The lowest BCUT2D eigenvalue weighted by molar-refractivity contribution is 0.105. The molecule has 1 aliphatic heterocycles. The molecule has 1 saturated heterocycles. The SMILES string of the molecule is Nc1nc(N)nc(C2CCCO2)n1. The maximum Gasteiger partial charge on any atom is 0.225 e. The summed E-state index contributed by atoms with van der Waals surface area (Å²) in [5.74, 6) is 0.846. The van der Waals surface area contributed by atoms with Crippen LogP contribution >= 0.6 is 0 Å². The van der Waals surface area contributed by atoms with E-state index in [0.29, 0.717) is 5.82 Å². The van der Waals surface area contributed by atoms with E-state index in [1.807, 2.05) is 0 Å². The summed E-state index contributed by atoms with van der Waals surface area (Å²) in [6, 6.07) is 0. The van der Waals surface area contributed by atoms with Crippen molar-refractivity contribution >= 4 is 11.9 Å². The number of aromatic nitrogens is 3. The van der Waals surface area contributed by atoms with Gasteiger partial charge in [-0.3, -0.25) is 0 Å². The molecule has 0 spiro atoms. The van der Waals surface area contributed by atoms with Crippen molar-refractivity contribution in [3.8, 4) is 0 Å². The minimum Gasteiger partial charge on any atom is -0.370 e. The number of rotatable bonds is 1. The molecular weight excluding hydrogens is 170 g/mol. The molecule has 1 atom stereocenters. The Labute approximate surface area is 75.3 Å². The summed E-state index contributed by atoms with van der Waals surface area (Å²) in [7, 11) is 0. The summed E-state index contributed by atoms with van der Waals surface area (Å²) in [6.45, 7) is 0.746. The van der Waals surface area contributed by atoms with E-state index in [0.717, 1.165) is 19.4 Å². The molecule has 0 amide bonds. The average Bonchev–Trinajstić information content (AvgIpc) is 2.53. The molecule has 2 rings (SSSR count). The van der Waals surface area contributed by atoms with E-state index in [4.69, 9.17) is 16.2 Å². The minimum absolute atomic E-state index is 0.0624. The van der Waals surface area contributed by atoms with Crippen molar-refractivity contribution in [2.45, 2.75) is 18.9 Å². The van der Waals surface area contributed by atoms with Gasteiger partial charge in [-0.15, -0.1) is 0 Å². The molecule has 0 radical (unpaired) electrons. The highest BCUT2D eigenvalue weighted by Gasteiger charge is 2.21. The molecule has 2 heterocycles. The number of nitrogen functional groups attached to an aromatic ring is 2. The third-order valence-corrected chi connectivity index (χ3v) is 1.90. The summed E-state index contributed by atoms with van der Waals surface area (Å²) < 4.78 is 5.39. The molecule has 0 aliphatic carbocycles. The zero-order chi connectivity index (χ0) is 9.26. The molecule has 1 aromatic rings. The average molecular weight is 181 g/mol. The van der Waals surface area contributed by atoms with E-state index < -0.39 is 0 Å². The summed E-state index contributed by atoms with van der Waals surface area (Å²) in [6.07, 6.45) is 1.88. The van der Waals surface area contributed by atoms with Gasteiger partial charge in [-0.05, 0) is 12.8 Å². The smallest absolute Gasteiger partial charge is 0.225 e. The molecule has 0 saturated carbocycles. The van der Waals surface area contributed by atoms with Crippen LogP contribution in [0.15, 0.2) is 0 Å². The van der Waals surface area contributed by atoms with Gasteiger partial charge in [-0.1, -0.05) is 0 Å². The lowest BCUT2D eigenvalue weighted by Gasteiger charge is -2.07. The first kappa shape index (κ1) is 8.18. The lowest BCUT2D eigenvalue weighted by Crippen LogP contribution is -2.10. The van der Waals surface area contributed by atoms with Gasteiger partial charge in [-0.25, -0.2) is 0 Å². The Bertz CT molecular complexity index is 290. The third-order valence-electron chi connectivity index (χ3n) is 1.90. The highest BCUT2D eigenvalue weighted by atomic mass is 16.5. The Kier molecular flexibility index (Phi) is 1.97. The van der Waals surface area contributed by atoms with Crippen LogP contribution in [0.2, 0.25) is 0 Å². The molecular formula is C7H11N5O. The minimum atomic E-state index is -0.0624. The van der Waals surface area contributed by atoms with Crippen LogP contribution in [0.25, 0.3) is 0 Å². The van der Waals surface area contributed by atoms with E-state index in [1.54, 1.807) is 0 Å². The molecule has 0 aromatic carbocycles. The van der Waals surface area contributed by atoms with E-state index in [-0.39, 0.29) is 18.0 Å². The van der Waals surface area contributed by atoms with E-state index >= 15 is 0 Å². The van der Waals surface area contributed by atoms with Crippen molar-refractivity contribution in [3.63, 3.8) is 0 Å². The Balaban J connectivity index is 2.28. The van der Waals surface area contributed by atoms with Crippen LogP contribution in [-0.2, 0) is 4.74 Å². The van der Waals surface area contributed by atoms with E-state index in [2.05, 4.69) is 15.0 Å². The highest BCUT2D eigenvalue weighted by Crippen LogP contribution is 2.25. The summed E-state index contributed by atoms with van der Waals surface area (Å²) >= 11 is 0. The predicted molar refractivity (Wildman–Crippen MR) is 46.6 cm³/mol. The number of anilines is 2. The molecule has 1 aliphatic rings. The number of nitrogens with zero attached hydrogens (tertiary/aromatic N) is 3. The van der Waals surface area contributed by atoms with Crippen LogP contribution in [0.1, 0.15) is 24.8 Å². The van der Waals surface area contributed by atoms with Gasteiger partial charge in [0.05, 0.1) is 0 Å². The fraction of sp³-hybridized carbons (Fsp3) is 0.571. The van der Waals surface area contributed by atoms with Gasteiger partial charge in [-0.2, -0.15) is 15.0 Å². The number of hydrogen-bond acceptors (Lipinski definition) is 6. The Morgan fingerprint density at radius 2 is 1.85 bits per heavy atom. The van der Waals surface area contributed by atoms with Gasteiger partial charge < -0.3 is 16.2 Å². The third kappa shape index (κ3) is 1.67. The molecule has 70 valence electrons. The molecule has 4 N–H and O–H groups in total. The maximum absolute atomic E-state index is 5.43. The first-order valence-electron chi connectivity index (χ1n) is 4.14.